The second kappa shape index (κ2) is 8.26. The molecule has 6 heteroatoms. The molecule has 4 atom stereocenters. The van der Waals surface area contributed by atoms with Gasteiger partial charge in [0.25, 0.3) is 5.91 Å². The molecule has 0 spiro atoms. The van der Waals surface area contributed by atoms with Gasteiger partial charge in [-0.3, -0.25) is 4.79 Å². The van der Waals surface area contributed by atoms with E-state index in [4.69, 9.17) is 9.47 Å². The van der Waals surface area contributed by atoms with Crippen molar-refractivity contribution in [1.29, 1.82) is 0 Å². The number of benzene rings is 1. The Morgan fingerprint density at radius 1 is 1.25 bits per heavy atom. The minimum atomic E-state index is -0.835. The Kier molecular flexibility index (Phi) is 6.34. The number of aliphatic hydroxyl groups excluding tert-OH is 1. The topological polar surface area (TPSA) is 88.2 Å². The Labute approximate surface area is 142 Å². The van der Waals surface area contributed by atoms with Crippen LogP contribution < -0.4 is 5.32 Å². The SMILES string of the molecule is CCOC(=O)[C@@H]1O[C@H]1C(=O)N[C@@H](CC(C)C)[C@H](O)c1ccccc1. The van der Waals surface area contributed by atoms with Crippen molar-refractivity contribution in [3.05, 3.63) is 35.9 Å². The number of amides is 1. The lowest BCUT2D eigenvalue weighted by Crippen LogP contribution is -2.43. The summed E-state index contributed by atoms with van der Waals surface area (Å²) in [5.74, 6) is -0.634. The molecule has 1 amide bonds. The lowest BCUT2D eigenvalue weighted by Gasteiger charge is -2.26. The van der Waals surface area contributed by atoms with Crippen LogP contribution in [-0.2, 0) is 19.1 Å². The Morgan fingerprint density at radius 2 is 1.92 bits per heavy atom. The number of ether oxygens (including phenoxy) is 2. The van der Waals surface area contributed by atoms with Crippen molar-refractivity contribution in [1.82, 2.24) is 5.32 Å². The van der Waals surface area contributed by atoms with E-state index in [1.165, 1.54) is 0 Å². The fourth-order valence-corrected chi connectivity index (χ4v) is 2.64. The molecule has 1 heterocycles. The van der Waals surface area contributed by atoms with Crippen LogP contribution in [0.25, 0.3) is 0 Å². The van der Waals surface area contributed by atoms with E-state index in [0.717, 1.165) is 5.56 Å². The zero-order valence-electron chi connectivity index (χ0n) is 14.3. The predicted octanol–water partition coefficient (Wildman–Crippen LogP) is 1.58. The number of nitrogens with one attached hydrogen (secondary N) is 1. The summed E-state index contributed by atoms with van der Waals surface area (Å²) in [4.78, 5) is 23.9. The number of carbonyl (C=O) groups excluding carboxylic acids is 2. The van der Waals surface area contributed by atoms with E-state index in [1.54, 1.807) is 6.92 Å². The van der Waals surface area contributed by atoms with Gasteiger partial charge >= 0.3 is 5.97 Å². The van der Waals surface area contributed by atoms with Gasteiger partial charge < -0.3 is 19.9 Å². The highest BCUT2D eigenvalue weighted by atomic mass is 16.6. The van der Waals surface area contributed by atoms with Crippen molar-refractivity contribution < 1.29 is 24.2 Å². The first kappa shape index (κ1) is 18.4. The van der Waals surface area contributed by atoms with Gasteiger partial charge in [0, 0.05) is 0 Å². The van der Waals surface area contributed by atoms with E-state index < -0.39 is 36.2 Å². The minimum absolute atomic E-state index is 0.246. The van der Waals surface area contributed by atoms with E-state index in [1.807, 2.05) is 44.2 Å². The van der Waals surface area contributed by atoms with Crippen molar-refractivity contribution in [3.63, 3.8) is 0 Å². The Balaban J connectivity index is 1.99. The molecule has 2 rings (SSSR count). The molecule has 1 aliphatic heterocycles. The molecule has 24 heavy (non-hydrogen) atoms. The van der Waals surface area contributed by atoms with Gasteiger partial charge in [0.05, 0.1) is 18.8 Å². The maximum absolute atomic E-state index is 12.3. The highest BCUT2D eigenvalue weighted by molar-refractivity contribution is 5.92. The van der Waals surface area contributed by atoms with Gasteiger partial charge in [0.1, 0.15) is 0 Å². The highest BCUT2D eigenvalue weighted by Crippen LogP contribution is 2.26. The zero-order chi connectivity index (χ0) is 17.7. The van der Waals surface area contributed by atoms with Crippen LogP contribution in [0.1, 0.15) is 38.9 Å². The van der Waals surface area contributed by atoms with Crippen LogP contribution in [0.3, 0.4) is 0 Å². The number of hydrogen-bond acceptors (Lipinski definition) is 5. The van der Waals surface area contributed by atoms with E-state index in [9.17, 15) is 14.7 Å². The van der Waals surface area contributed by atoms with E-state index in [2.05, 4.69) is 5.32 Å². The summed E-state index contributed by atoms with van der Waals surface area (Å²) in [6.07, 6.45) is -1.88. The van der Waals surface area contributed by atoms with E-state index in [-0.39, 0.29) is 12.5 Å². The molecule has 6 nitrogen and oxygen atoms in total. The Hall–Kier alpha value is -1.92. The number of rotatable bonds is 8. The molecule has 132 valence electrons. The molecule has 1 aliphatic rings. The standard InChI is InChI=1S/C18H25NO5/c1-4-23-18(22)16-15(24-16)17(21)19-13(10-11(2)3)14(20)12-8-6-5-7-9-12/h5-9,11,13-16,20H,4,10H2,1-3H3,(H,19,21)/t13-,14+,15+,16+/m0/s1. The third kappa shape index (κ3) is 4.79. The van der Waals surface area contributed by atoms with Gasteiger partial charge in [-0.1, -0.05) is 44.2 Å². The second-order valence-corrected chi connectivity index (χ2v) is 6.33. The summed E-state index contributed by atoms with van der Waals surface area (Å²) in [6, 6.07) is 8.74. The fourth-order valence-electron chi connectivity index (χ4n) is 2.64. The lowest BCUT2D eigenvalue weighted by molar-refractivity contribution is -0.144. The average molecular weight is 335 g/mol. The smallest absolute Gasteiger partial charge is 0.338 e. The maximum Gasteiger partial charge on any atom is 0.338 e. The quantitative estimate of drug-likeness (QED) is 0.556. The normalized spacial score (nSPS) is 21.9. The molecule has 1 saturated heterocycles. The zero-order valence-corrected chi connectivity index (χ0v) is 14.3. The van der Waals surface area contributed by atoms with Crippen LogP contribution in [0.15, 0.2) is 30.3 Å². The monoisotopic (exact) mass is 335 g/mol. The number of aliphatic hydroxyl groups is 1. The fraction of sp³-hybridized carbons (Fsp3) is 0.556. The van der Waals surface area contributed by atoms with Crippen molar-refractivity contribution in [2.24, 2.45) is 5.92 Å². The predicted molar refractivity (Wildman–Crippen MR) is 88.1 cm³/mol. The first-order chi connectivity index (χ1) is 11.4. The van der Waals surface area contributed by atoms with Gasteiger partial charge in [0.15, 0.2) is 12.2 Å². The number of hydrogen-bond donors (Lipinski definition) is 2. The van der Waals surface area contributed by atoms with Gasteiger partial charge in [-0.25, -0.2) is 4.79 Å². The molecule has 0 aliphatic carbocycles. The molecular formula is C18H25NO5. The van der Waals surface area contributed by atoms with Crippen molar-refractivity contribution >= 4 is 11.9 Å². The summed E-state index contributed by atoms with van der Waals surface area (Å²) in [7, 11) is 0. The van der Waals surface area contributed by atoms with Crippen molar-refractivity contribution in [2.75, 3.05) is 6.61 Å². The number of epoxide rings is 1. The first-order valence-corrected chi connectivity index (χ1v) is 8.29. The van der Waals surface area contributed by atoms with Crippen LogP contribution in [0, 0.1) is 5.92 Å². The Morgan fingerprint density at radius 3 is 2.50 bits per heavy atom. The number of esters is 1. The van der Waals surface area contributed by atoms with Gasteiger partial charge in [0.2, 0.25) is 0 Å². The van der Waals surface area contributed by atoms with Gasteiger partial charge in [-0.2, -0.15) is 0 Å². The summed E-state index contributed by atoms with van der Waals surface area (Å²) in [5, 5.41) is 13.4. The molecule has 0 aromatic heterocycles. The van der Waals surface area contributed by atoms with Crippen LogP contribution in [0.4, 0.5) is 0 Å². The molecule has 1 aromatic rings. The summed E-state index contributed by atoms with van der Waals surface area (Å²) in [5.41, 5.74) is 0.738. The summed E-state index contributed by atoms with van der Waals surface area (Å²) >= 11 is 0. The number of carbonyl (C=O) groups is 2. The van der Waals surface area contributed by atoms with Crippen molar-refractivity contribution in [2.45, 2.75) is 51.5 Å². The minimum Gasteiger partial charge on any atom is -0.464 e. The molecular weight excluding hydrogens is 310 g/mol. The van der Waals surface area contributed by atoms with Crippen LogP contribution in [-0.4, -0.2) is 41.8 Å². The van der Waals surface area contributed by atoms with Crippen LogP contribution >= 0.6 is 0 Å². The summed E-state index contributed by atoms with van der Waals surface area (Å²) < 4.78 is 9.96. The maximum atomic E-state index is 12.3. The summed E-state index contributed by atoms with van der Waals surface area (Å²) in [6.45, 7) is 5.98. The third-order valence-electron chi connectivity index (χ3n) is 3.84. The van der Waals surface area contributed by atoms with Crippen LogP contribution in [0.2, 0.25) is 0 Å². The van der Waals surface area contributed by atoms with E-state index >= 15 is 0 Å². The molecule has 0 bridgehead atoms. The molecule has 1 fully saturated rings. The van der Waals surface area contributed by atoms with Gasteiger partial charge in [-0.05, 0) is 24.8 Å². The highest BCUT2D eigenvalue weighted by Gasteiger charge is 2.52. The van der Waals surface area contributed by atoms with Gasteiger partial charge in [-0.15, -0.1) is 0 Å². The third-order valence-corrected chi connectivity index (χ3v) is 3.84. The molecule has 0 radical (unpaired) electrons. The molecule has 1 aromatic carbocycles. The van der Waals surface area contributed by atoms with Crippen molar-refractivity contribution in [3.8, 4) is 0 Å². The largest absolute Gasteiger partial charge is 0.464 e. The molecule has 0 unspecified atom stereocenters. The van der Waals surface area contributed by atoms with Crippen LogP contribution in [0.5, 0.6) is 0 Å². The molecule has 2 N–H and O–H groups in total. The Bertz CT molecular complexity index is 560. The molecule has 0 saturated carbocycles. The second-order valence-electron chi connectivity index (χ2n) is 6.33. The first-order valence-electron chi connectivity index (χ1n) is 8.29. The van der Waals surface area contributed by atoms with E-state index in [0.29, 0.717) is 6.42 Å². The average Bonchev–Trinajstić information content (AvgIpc) is 3.35. The lowest BCUT2D eigenvalue weighted by atomic mass is 9.94.